The summed E-state index contributed by atoms with van der Waals surface area (Å²) in [6.07, 6.45) is 6.80. The molecular weight excluding hydrogens is 400 g/mol. The Morgan fingerprint density at radius 2 is 1.81 bits per heavy atom. The van der Waals surface area contributed by atoms with E-state index in [4.69, 9.17) is 5.11 Å². The summed E-state index contributed by atoms with van der Waals surface area (Å²) in [7, 11) is 1.70. The molecule has 5 heteroatoms. The van der Waals surface area contributed by atoms with Crippen LogP contribution in [0.2, 0.25) is 0 Å². The monoisotopic (exact) mass is 424 g/mol. The van der Waals surface area contributed by atoms with Crippen molar-refractivity contribution in [3.63, 3.8) is 0 Å². The SMILES string of the molecule is CN(C(=O)C#Cc1ccccc1)c1cccc(/C(=C/CCCC(=O)O)c2cccnc2)c1. The Labute approximate surface area is 188 Å². The van der Waals surface area contributed by atoms with Gasteiger partial charge in [0.2, 0.25) is 0 Å². The zero-order chi connectivity index (χ0) is 22.8. The maximum atomic E-state index is 12.6. The van der Waals surface area contributed by atoms with Crippen molar-refractivity contribution in [1.29, 1.82) is 0 Å². The van der Waals surface area contributed by atoms with Gasteiger partial charge in [-0.25, -0.2) is 0 Å². The van der Waals surface area contributed by atoms with E-state index >= 15 is 0 Å². The molecule has 0 aliphatic carbocycles. The van der Waals surface area contributed by atoms with Crippen LogP contribution in [0.4, 0.5) is 5.69 Å². The largest absolute Gasteiger partial charge is 0.481 e. The number of carboxylic acid groups (broad SMARTS) is 1. The Bertz CT molecular complexity index is 1160. The van der Waals surface area contributed by atoms with Crippen LogP contribution in [0.25, 0.3) is 5.57 Å². The molecule has 1 amide bonds. The number of allylic oxidation sites excluding steroid dienone is 1. The van der Waals surface area contributed by atoms with Crippen LogP contribution in [0.3, 0.4) is 0 Å². The Balaban J connectivity index is 1.85. The van der Waals surface area contributed by atoms with E-state index in [1.54, 1.807) is 19.4 Å². The molecule has 160 valence electrons. The molecule has 0 atom stereocenters. The molecule has 0 aliphatic rings. The number of hydrogen-bond acceptors (Lipinski definition) is 3. The third-order valence-corrected chi connectivity index (χ3v) is 4.85. The summed E-state index contributed by atoms with van der Waals surface area (Å²) < 4.78 is 0. The number of carboxylic acids is 1. The number of hydrogen-bond donors (Lipinski definition) is 1. The standard InChI is InChI=1S/C27H24N2O3/c1-29(26(30)17-16-21-9-3-2-4-10-21)24-13-7-11-22(19-24)25(14-5-6-15-27(31)32)23-12-8-18-28-20-23/h2-4,7-14,18-20H,5-6,15H2,1H3,(H,31,32)/b25-14-. The van der Waals surface area contributed by atoms with E-state index in [-0.39, 0.29) is 12.3 Å². The van der Waals surface area contributed by atoms with E-state index in [9.17, 15) is 9.59 Å². The fraction of sp³-hybridized carbons (Fsp3) is 0.148. The normalized spacial score (nSPS) is 10.7. The second-order valence-electron chi connectivity index (χ2n) is 7.18. The van der Waals surface area contributed by atoms with Gasteiger partial charge in [0.25, 0.3) is 0 Å². The molecule has 0 unspecified atom stereocenters. The molecule has 2 aromatic carbocycles. The lowest BCUT2D eigenvalue weighted by Gasteiger charge is -2.16. The van der Waals surface area contributed by atoms with Crippen LogP contribution in [-0.4, -0.2) is 29.0 Å². The lowest BCUT2D eigenvalue weighted by atomic mass is 9.97. The molecule has 0 saturated carbocycles. The van der Waals surface area contributed by atoms with E-state index in [1.807, 2.05) is 72.8 Å². The topological polar surface area (TPSA) is 70.5 Å². The third kappa shape index (κ3) is 6.41. The number of amides is 1. The van der Waals surface area contributed by atoms with Crippen molar-refractivity contribution in [2.45, 2.75) is 19.3 Å². The number of aromatic nitrogens is 1. The predicted octanol–water partition coefficient (Wildman–Crippen LogP) is 4.78. The van der Waals surface area contributed by atoms with Gasteiger partial charge in [-0.1, -0.05) is 48.4 Å². The Hall–Kier alpha value is -4.17. The Morgan fingerprint density at radius 1 is 1.03 bits per heavy atom. The summed E-state index contributed by atoms with van der Waals surface area (Å²) in [5.74, 6) is 4.47. The Kier molecular flexibility index (Phi) is 7.94. The van der Waals surface area contributed by atoms with Gasteiger partial charge in [0.15, 0.2) is 0 Å². The molecule has 0 fully saturated rings. The highest BCUT2D eigenvalue weighted by molar-refractivity contribution is 6.06. The summed E-state index contributed by atoms with van der Waals surface area (Å²) in [6, 6.07) is 20.8. The summed E-state index contributed by atoms with van der Waals surface area (Å²) in [5.41, 5.74) is 4.29. The van der Waals surface area contributed by atoms with Crippen molar-refractivity contribution in [2.24, 2.45) is 0 Å². The van der Waals surface area contributed by atoms with Gasteiger partial charge in [0.05, 0.1) is 0 Å². The molecular formula is C27H24N2O3. The number of nitrogens with zero attached hydrogens (tertiary/aromatic N) is 2. The molecule has 0 spiro atoms. The van der Waals surface area contributed by atoms with Crippen molar-refractivity contribution in [2.75, 3.05) is 11.9 Å². The maximum absolute atomic E-state index is 12.6. The van der Waals surface area contributed by atoms with Crippen LogP contribution in [0, 0.1) is 11.8 Å². The average molecular weight is 425 g/mol. The first kappa shape index (κ1) is 22.5. The number of anilines is 1. The van der Waals surface area contributed by atoms with E-state index in [1.165, 1.54) is 4.90 Å². The number of carbonyl (C=O) groups is 2. The van der Waals surface area contributed by atoms with Crippen LogP contribution in [-0.2, 0) is 9.59 Å². The fourth-order valence-electron chi connectivity index (χ4n) is 3.15. The molecule has 0 saturated heterocycles. The molecule has 0 aliphatic heterocycles. The molecule has 5 nitrogen and oxygen atoms in total. The van der Waals surface area contributed by atoms with Crippen molar-refractivity contribution in [1.82, 2.24) is 4.98 Å². The molecule has 0 radical (unpaired) electrons. The highest BCUT2D eigenvalue weighted by Gasteiger charge is 2.11. The average Bonchev–Trinajstić information content (AvgIpc) is 2.83. The minimum absolute atomic E-state index is 0.119. The van der Waals surface area contributed by atoms with Gasteiger partial charge in [-0.05, 0) is 54.3 Å². The number of unbranched alkanes of at least 4 members (excludes halogenated alkanes) is 1. The van der Waals surface area contributed by atoms with Crippen molar-refractivity contribution in [3.8, 4) is 11.8 Å². The van der Waals surface area contributed by atoms with Crippen molar-refractivity contribution >= 4 is 23.1 Å². The number of carbonyl (C=O) groups excluding carboxylic acids is 1. The van der Waals surface area contributed by atoms with Gasteiger partial charge in [0, 0.05) is 48.6 Å². The van der Waals surface area contributed by atoms with Crippen LogP contribution < -0.4 is 4.90 Å². The molecule has 3 aromatic rings. The summed E-state index contributed by atoms with van der Waals surface area (Å²) in [6.45, 7) is 0. The first-order valence-corrected chi connectivity index (χ1v) is 10.3. The zero-order valence-corrected chi connectivity index (χ0v) is 17.9. The highest BCUT2D eigenvalue weighted by Crippen LogP contribution is 2.27. The van der Waals surface area contributed by atoms with Gasteiger partial charge < -0.3 is 10.0 Å². The van der Waals surface area contributed by atoms with Gasteiger partial charge in [-0.2, -0.15) is 0 Å². The van der Waals surface area contributed by atoms with Crippen LogP contribution in [0.15, 0.2) is 85.2 Å². The van der Waals surface area contributed by atoms with Crippen molar-refractivity contribution in [3.05, 3.63) is 102 Å². The van der Waals surface area contributed by atoms with Gasteiger partial charge in [-0.3, -0.25) is 14.6 Å². The second kappa shape index (κ2) is 11.3. The smallest absolute Gasteiger partial charge is 0.303 e. The predicted molar refractivity (Wildman–Crippen MR) is 126 cm³/mol. The molecule has 0 bridgehead atoms. The van der Waals surface area contributed by atoms with E-state index < -0.39 is 5.97 Å². The lowest BCUT2D eigenvalue weighted by molar-refractivity contribution is -0.137. The highest BCUT2D eigenvalue weighted by atomic mass is 16.4. The molecule has 32 heavy (non-hydrogen) atoms. The Morgan fingerprint density at radius 3 is 2.53 bits per heavy atom. The molecule has 1 aromatic heterocycles. The zero-order valence-electron chi connectivity index (χ0n) is 17.9. The van der Waals surface area contributed by atoms with E-state index in [0.29, 0.717) is 12.8 Å². The second-order valence-corrected chi connectivity index (χ2v) is 7.18. The number of pyridine rings is 1. The quantitative estimate of drug-likeness (QED) is 0.438. The lowest BCUT2D eigenvalue weighted by Crippen LogP contribution is -2.24. The van der Waals surface area contributed by atoms with E-state index in [2.05, 4.69) is 16.8 Å². The number of rotatable bonds is 7. The minimum atomic E-state index is -0.805. The summed E-state index contributed by atoms with van der Waals surface area (Å²) in [4.78, 5) is 29.2. The van der Waals surface area contributed by atoms with E-state index in [0.717, 1.165) is 28.0 Å². The summed E-state index contributed by atoms with van der Waals surface area (Å²) in [5, 5.41) is 8.90. The van der Waals surface area contributed by atoms with Crippen molar-refractivity contribution < 1.29 is 14.7 Å². The van der Waals surface area contributed by atoms with Crippen LogP contribution in [0.1, 0.15) is 36.0 Å². The van der Waals surface area contributed by atoms with Crippen LogP contribution in [0.5, 0.6) is 0 Å². The molecule has 1 N–H and O–H groups in total. The number of aliphatic carboxylic acids is 1. The first-order valence-electron chi connectivity index (χ1n) is 10.3. The number of benzene rings is 2. The van der Waals surface area contributed by atoms with Crippen LogP contribution >= 0.6 is 0 Å². The maximum Gasteiger partial charge on any atom is 0.303 e. The van der Waals surface area contributed by atoms with Gasteiger partial charge in [0.1, 0.15) is 0 Å². The molecule has 3 rings (SSSR count). The van der Waals surface area contributed by atoms with Gasteiger partial charge >= 0.3 is 11.9 Å². The minimum Gasteiger partial charge on any atom is -0.481 e. The fourth-order valence-corrected chi connectivity index (χ4v) is 3.15. The third-order valence-electron chi connectivity index (χ3n) is 4.85. The summed E-state index contributed by atoms with van der Waals surface area (Å²) >= 11 is 0. The molecule has 1 heterocycles. The van der Waals surface area contributed by atoms with Gasteiger partial charge in [-0.15, -0.1) is 0 Å². The first-order chi connectivity index (χ1) is 15.5.